The fraction of sp³-hybridized carbons (Fsp3) is 0.261. The van der Waals surface area contributed by atoms with Crippen molar-refractivity contribution < 1.29 is 49.0 Å². The molecular weight excluding hydrogens is 391 g/mol. The van der Waals surface area contributed by atoms with E-state index in [9.17, 15) is 9.59 Å². The van der Waals surface area contributed by atoms with Crippen LogP contribution in [0.3, 0.4) is 0 Å². The summed E-state index contributed by atoms with van der Waals surface area (Å²) in [6, 6.07) is 12.8. The van der Waals surface area contributed by atoms with Crippen molar-refractivity contribution in [2.45, 2.75) is 32.6 Å². The van der Waals surface area contributed by atoms with Crippen molar-refractivity contribution in [3.05, 3.63) is 77.9 Å². The van der Waals surface area contributed by atoms with Gasteiger partial charge < -0.3 is 14.4 Å². The van der Waals surface area contributed by atoms with Crippen molar-refractivity contribution in [1.29, 1.82) is 0 Å². The Labute approximate surface area is 198 Å². The first-order valence-electron chi connectivity index (χ1n) is 9.63. The molecule has 0 spiro atoms. The molecule has 0 saturated carbocycles. The molecule has 0 bridgehead atoms. The summed E-state index contributed by atoms with van der Waals surface area (Å²) >= 11 is 0. The van der Waals surface area contributed by atoms with E-state index >= 15 is 0 Å². The number of carboxylic acids is 1. The Balaban J connectivity index is 0.00000320. The van der Waals surface area contributed by atoms with Crippen LogP contribution in [0.1, 0.15) is 47.2 Å². The molecule has 0 amide bonds. The van der Waals surface area contributed by atoms with Gasteiger partial charge in [0.25, 0.3) is 0 Å². The van der Waals surface area contributed by atoms with E-state index in [2.05, 4.69) is 4.98 Å². The number of aromatic nitrogens is 2. The molecular formula is C23H24N2NaO4+. The zero-order chi connectivity index (χ0) is 20.6. The summed E-state index contributed by atoms with van der Waals surface area (Å²) in [4.78, 5) is 27.3. The molecule has 1 aromatic heterocycles. The summed E-state index contributed by atoms with van der Waals surface area (Å²) in [6.45, 7) is 2.45. The number of unbranched alkanes of at least 4 members (excludes halogenated alkanes) is 2. The molecule has 7 heteroatoms. The van der Waals surface area contributed by atoms with E-state index in [4.69, 9.17) is 9.84 Å². The first-order valence-corrected chi connectivity index (χ1v) is 9.63. The largest absolute Gasteiger partial charge is 1.00 e. The molecule has 2 aromatic carbocycles. The van der Waals surface area contributed by atoms with Crippen molar-refractivity contribution >= 4 is 11.8 Å². The van der Waals surface area contributed by atoms with Crippen molar-refractivity contribution in [2.24, 2.45) is 0 Å². The Morgan fingerprint density at radius 3 is 2.40 bits per heavy atom. The maximum absolute atomic E-state index is 12.8. The number of carbonyl (C=O) groups is 2. The molecule has 0 unspecified atom stereocenters. The van der Waals surface area contributed by atoms with Gasteiger partial charge in [0.05, 0.1) is 12.9 Å². The van der Waals surface area contributed by atoms with Crippen LogP contribution in [0.2, 0.25) is 0 Å². The van der Waals surface area contributed by atoms with Crippen molar-refractivity contribution in [3.8, 4) is 11.4 Å². The number of nitrogens with zero attached hydrogens (tertiary/aromatic N) is 2. The van der Waals surface area contributed by atoms with Gasteiger partial charge in [0.2, 0.25) is 0 Å². The monoisotopic (exact) mass is 415 g/mol. The number of hydrogen-bond acceptors (Lipinski definition) is 4. The fourth-order valence-electron chi connectivity index (χ4n) is 3.05. The van der Waals surface area contributed by atoms with Gasteiger partial charge >= 0.3 is 35.5 Å². The van der Waals surface area contributed by atoms with E-state index in [0.717, 1.165) is 29.8 Å². The van der Waals surface area contributed by atoms with Crippen LogP contribution in [0, 0.1) is 6.92 Å². The molecule has 0 fully saturated rings. The topological polar surface area (TPSA) is 81.4 Å². The Morgan fingerprint density at radius 2 is 1.77 bits per heavy atom. The van der Waals surface area contributed by atoms with Gasteiger partial charge in [0.15, 0.2) is 5.78 Å². The van der Waals surface area contributed by atoms with Crippen molar-refractivity contribution in [3.63, 3.8) is 0 Å². The minimum Gasteiger partial charge on any atom is -0.493 e. The molecule has 6 nitrogen and oxygen atoms in total. The summed E-state index contributed by atoms with van der Waals surface area (Å²) in [6.07, 6.45) is 7.75. The van der Waals surface area contributed by atoms with Gasteiger partial charge in [-0.2, -0.15) is 0 Å². The van der Waals surface area contributed by atoms with E-state index in [1.165, 1.54) is 0 Å². The summed E-state index contributed by atoms with van der Waals surface area (Å²) < 4.78 is 7.66. The van der Waals surface area contributed by atoms with Gasteiger partial charge in [-0.15, -0.1) is 0 Å². The van der Waals surface area contributed by atoms with Crippen molar-refractivity contribution in [1.82, 2.24) is 9.55 Å². The van der Waals surface area contributed by atoms with Crippen LogP contribution in [-0.4, -0.2) is 33.0 Å². The Kier molecular flexibility index (Phi) is 9.30. The second kappa shape index (κ2) is 11.7. The minimum atomic E-state index is -0.765. The molecule has 0 radical (unpaired) electrons. The number of hydrogen-bond donors (Lipinski definition) is 1. The minimum absolute atomic E-state index is 0. The molecule has 30 heavy (non-hydrogen) atoms. The average molecular weight is 415 g/mol. The van der Waals surface area contributed by atoms with Crippen molar-refractivity contribution in [2.75, 3.05) is 6.61 Å². The molecule has 0 aliphatic carbocycles. The SMILES string of the molecule is Cc1cc(C(=O)c2ccc(-n3ccnc3)cc2)ccc1OCCCCCC(=O)O.[Na+]. The number of carbonyl (C=O) groups excluding carboxylic acids is 1. The molecule has 1 N–H and O–H groups in total. The zero-order valence-corrected chi connectivity index (χ0v) is 19.4. The molecule has 0 saturated heterocycles. The third kappa shape index (κ3) is 6.55. The number of aryl methyl sites for hydroxylation is 1. The van der Waals surface area contributed by atoms with Gasteiger partial charge in [0, 0.05) is 35.6 Å². The molecule has 150 valence electrons. The summed E-state index contributed by atoms with van der Waals surface area (Å²) in [7, 11) is 0. The van der Waals surface area contributed by atoms with Crippen LogP contribution in [0.5, 0.6) is 5.75 Å². The van der Waals surface area contributed by atoms with E-state index in [0.29, 0.717) is 24.2 Å². The van der Waals surface area contributed by atoms with Gasteiger partial charge in [-0.1, -0.05) is 0 Å². The molecule has 3 aromatic rings. The van der Waals surface area contributed by atoms with E-state index in [1.54, 1.807) is 18.6 Å². The predicted molar refractivity (Wildman–Crippen MR) is 110 cm³/mol. The maximum Gasteiger partial charge on any atom is 1.00 e. The Morgan fingerprint density at radius 1 is 1.03 bits per heavy atom. The Hall–Kier alpha value is -2.41. The first-order chi connectivity index (χ1) is 14.0. The standard InChI is InChI=1S/C23H24N2O4.Na/c1-17-15-19(8-11-21(17)29-14-4-2-3-5-22(26)27)23(28)18-6-9-20(10-7-18)25-13-12-24-16-25;/h6-13,15-16H,2-5,14H2,1H3,(H,26,27);/q;+1. The normalized spacial score (nSPS) is 10.3. The Bertz CT molecular complexity index is 969. The second-order valence-corrected chi connectivity index (χ2v) is 6.88. The van der Waals surface area contributed by atoms with Crippen LogP contribution in [0.25, 0.3) is 5.69 Å². The number of carboxylic acid groups (broad SMARTS) is 1. The van der Waals surface area contributed by atoms with Gasteiger partial charge in [-0.3, -0.25) is 9.59 Å². The maximum atomic E-state index is 12.8. The van der Waals surface area contributed by atoms with E-state index < -0.39 is 5.97 Å². The van der Waals surface area contributed by atoms with Crippen LogP contribution in [0.4, 0.5) is 0 Å². The third-order valence-corrected chi connectivity index (χ3v) is 4.66. The van der Waals surface area contributed by atoms with E-state index in [1.807, 2.05) is 54.1 Å². The number of rotatable bonds is 10. The summed E-state index contributed by atoms with van der Waals surface area (Å²) in [5.74, 6) is -0.0564. The number of ether oxygens (including phenoxy) is 1. The second-order valence-electron chi connectivity index (χ2n) is 6.88. The smallest absolute Gasteiger partial charge is 0.493 e. The number of benzene rings is 2. The predicted octanol–water partition coefficient (Wildman–Crippen LogP) is 1.44. The number of imidazole rings is 1. The van der Waals surface area contributed by atoms with E-state index in [-0.39, 0.29) is 41.8 Å². The zero-order valence-electron chi connectivity index (χ0n) is 17.4. The van der Waals surface area contributed by atoms with Crippen LogP contribution < -0.4 is 34.3 Å². The molecule has 1 heterocycles. The van der Waals surface area contributed by atoms with Crippen LogP contribution in [0.15, 0.2) is 61.2 Å². The molecule has 3 rings (SSSR count). The van der Waals surface area contributed by atoms with Gasteiger partial charge in [-0.25, -0.2) is 4.98 Å². The number of aliphatic carboxylic acids is 1. The summed E-state index contributed by atoms with van der Waals surface area (Å²) in [5.41, 5.74) is 3.09. The molecule has 0 aliphatic heterocycles. The number of ketones is 1. The van der Waals surface area contributed by atoms with Gasteiger partial charge in [-0.05, 0) is 74.2 Å². The first kappa shape index (κ1) is 23.9. The fourth-order valence-corrected chi connectivity index (χ4v) is 3.05. The van der Waals surface area contributed by atoms with Crippen LogP contribution >= 0.6 is 0 Å². The third-order valence-electron chi connectivity index (χ3n) is 4.66. The van der Waals surface area contributed by atoms with Gasteiger partial charge in [0.1, 0.15) is 5.75 Å². The quantitative estimate of drug-likeness (QED) is 0.308. The molecule has 0 atom stereocenters. The van der Waals surface area contributed by atoms with Crippen LogP contribution in [-0.2, 0) is 4.79 Å². The summed E-state index contributed by atoms with van der Waals surface area (Å²) in [5, 5.41) is 8.63. The average Bonchev–Trinajstić information content (AvgIpc) is 3.26. The molecule has 0 aliphatic rings.